The van der Waals surface area contributed by atoms with Crippen molar-refractivity contribution in [2.45, 2.75) is 19.8 Å². The lowest BCUT2D eigenvalue weighted by atomic mass is 10.1. The standard InChI is InChI=1S/C14H18N4O2/c1-9(2)12-7-13(18-17-12)16-14(19)8-20-11-5-3-4-10(15)6-11/h3-7,9H,8,15H2,1-2H3,(H2,16,17,18,19). The second-order valence-corrected chi connectivity index (χ2v) is 4.77. The highest BCUT2D eigenvalue weighted by molar-refractivity contribution is 5.91. The number of rotatable bonds is 5. The normalized spacial score (nSPS) is 10.6. The number of ether oxygens (including phenoxy) is 1. The molecular formula is C14H18N4O2. The van der Waals surface area contributed by atoms with E-state index in [9.17, 15) is 4.79 Å². The van der Waals surface area contributed by atoms with Crippen LogP contribution < -0.4 is 15.8 Å². The van der Waals surface area contributed by atoms with E-state index >= 15 is 0 Å². The van der Waals surface area contributed by atoms with Gasteiger partial charge in [0.25, 0.3) is 5.91 Å². The highest BCUT2D eigenvalue weighted by Gasteiger charge is 2.08. The lowest BCUT2D eigenvalue weighted by Gasteiger charge is -2.06. The summed E-state index contributed by atoms with van der Waals surface area (Å²) in [7, 11) is 0. The smallest absolute Gasteiger partial charge is 0.263 e. The topological polar surface area (TPSA) is 93.0 Å². The van der Waals surface area contributed by atoms with E-state index in [2.05, 4.69) is 15.5 Å². The largest absolute Gasteiger partial charge is 0.484 e. The van der Waals surface area contributed by atoms with Gasteiger partial charge in [0.1, 0.15) is 5.75 Å². The minimum atomic E-state index is -0.269. The molecule has 1 aromatic heterocycles. The maximum Gasteiger partial charge on any atom is 0.263 e. The molecule has 0 radical (unpaired) electrons. The Bertz CT molecular complexity index is 592. The van der Waals surface area contributed by atoms with Crippen LogP contribution in [0.3, 0.4) is 0 Å². The molecule has 6 heteroatoms. The van der Waals surface area contributed by atoms with E-state index in [1.807, 2.05) is 19.9 Å². The summed E-state index contributed by atoms with van der Waals surface area (Å²) in [5.41, 5.74) is 7.19. The number of nitrogens with zero attached hydrogens (tertiary/aromatic N) is 1. The van der Waals surface area contributed by atoms with E-state index in [1.54, 1.807) is 24.3 Å². The molecule has 2 aromatic rings. The number of nitrogens with two attached hydrogens (primary N) is 1. The molecule has 0 aliphatic carbocycles. The van der Waals surface area contributed by atoms with Crippen LogP contribution in [-0.4, -0.2) is 22.7 Å². The van der Waals surface area contributed by atoms with Crippen molar-refractivity contribution in [1.82, 2.24) is 10.2 Å². The maximum atomic E-state index is 11.7. The van der Waals surface area contributed by atoms with Gasteiger partial charge in [0.05, 0.1) is 0 Å². The van der Waals surface area contributed by atoms with Crippen molar-refractivity contribution in [3.8, 4) is 5.75 Å². The first-order valence-corrected chi connectivity index (χ1v) is 6.38. The average molecular weight is 274 g/mol. The highest BCUT2D eigenvalue weighted by atomic mass is 16.5. The Morgan fingerprint density at radius 1 is 1.45 bits per heavy atom. The van der Waals surface area contributed by atoms with E-state index in [4.69, 9.17) is 10.5 Å². The average Bonchev–Trinajstić information content (AvgIpc) is 2.85. The van der Waals surface area contributed by atoms with E-state index < -0.39 is 0 Å². The van der Waals surface area contributed by atoms with Crippen molar-refractivity contribution in [3.05, 3.63) is 36.0 Å². The number of nitrogen functional groups attached to an aromatic ring is 1. The first-order valence-electron chi connectivity index (χ1n) is 6.38. The van der Waals surface area contributed by atoms with E-state index in [1.165, 1.54) is 0 Å². The first kappa shape index (κ1) is 13.9. The summed E-state index contributed by atoms with van der Waals surface area (Å²) in [5.74, 6) is 1.12. The zero-order valence-corrected chi connectivity index (χ0v) is 11.5. The van der Waals surface area contributed by atoms with Gasteiger partial charge in [-0.05, 0) is 18.1 Å². The Labute approximate surface area is 117 Å². The number of nitrogens with one attached hydrogen (secondary N) is 2. The molecular weight excluding hydrogens is 256 g/mol. The molecule has 2 rings (SSSR count). The molecule has 0 bridgehead atoms. The molecule has 106 valence electrons. The number of anilines is 2. The Hall–Kier alpha value is -2.50. The van der Waals surface area contributed by atoms with Crippen molar-refractivity contribution in [3.63, 3.8) is 0 Å². The minimum Gasteiger partial charge on any atom is -0.484 e. The fourth-order valence-corrected chi connectivity index (χ4v) is 1.63. The lowest BCUT2D eigenvalue weighted by molar-refractivity contribution is -0.118. The molecule has 0 saturated heterocycles. The predicted octanol–water partition coefficient (Wildman–Crippen LogP) is 2.13. The lowest BCUT2D eigenvalue weighted by Crippen LogP contribution is -2.20. The molecule has 0 unspecified atom stereocenters. The van der Waals surface area contributed by atoms with Crippen molar-refractivity contribution in [2.75, 3.05) is 17.7 Å². The van der Waals surface area contributed by atoms with Gasteiger partial charge >= 0.3 is 0 Å². The van der Waals surface area contributed by atoms with Gasteiger partial charge in [0.15, 0.2) is 12.4 Å². The molecule has 0 atom stereocenters. The van der Waals surface area contributed by atoms with Crippen molar-refractivity contribution < 1.29 is 9.53 Å². The van der Waals surface area contributed by atoms with Crippen LogP contribution in [0.4, 0.5) is 11.5 Å². The number of H-pyrrole nitrogens is 1. The number of carbonyl (C=O) groups is 1. The molecule has 1 aromatic carbocycles. The molecule has 0 saturated carbocycles. The first-order chi connectivity index (χ1) is 9.54. The zero-order valence-electron chi connectivity index (χ0n) is 11.5. The predicted molar refractivity (Wildman–Crippen MR) is 77.7 cm³/mol. The summed E-state index contributed by atoms with van der Waals surface area (Å²) < 4.78 is 5.35. The summed E-state index contributed by atoms with van der Waals surface area (Å²) in [4.78, 5) is 11.7. The van der Waals surface area contributed by atoms with Crippen LogP contribution in [0.1, 0.15) is 25.5 Å². The highest BCUT2D eigenvalue weighted by Crippen LogP contribution is 2.16. The fraction of sp³-hybridized carbons (Fsp3) is 0.286. The number of amides is 1. The number of aromatic nitrogens is 2. The summed E-state index contributed by atoms with van der Waals surface area (Å²) in [6.45, 7) is 4.00. The number of hydrogen-bond donors (Lipinski definition) is 3. The summed E-state index contributed by atoms with van der Waals surface area (Å²) in [6, 6.07) is 8.74. The molecule has 6 nitrogen and oxygen atoms in total. The molecule has 0 spiro atoms. The summed E-state index contributed by atoms with van der Waals surface area (Å²) >= 11 is 0. The Morgan fingerprint density at radius 3 is 2.90 bits per heavy atom. The molecule has 0 aliphatic heterocycles. The molecule has 1 heterocycles. The van der Waals surface area contributed by atoms with Gasteiger partial charge in [-0.1, -0.05) is 19.9 Å². The fourth-order valence-electron chi connectivity index (χ4n) is 1.63. The van der Waals surface area contributed by atoms with E-state index in [0.717, 1.165) is 5.69 Å². The van der Waals surface area contributed by atoms with Gasteiger partial charge in [0, 0.05) is 23.5 Å². The number of hydrogen-bond acceptors (Lipinski definition) is 4. The zero-order chi connectivity index (χ0) is 14.5. The quantitative estimate of drug-likeness (QED) is 0.728. The molecule has 20 heavy (non-hydrogen) atoms. The Morgan fingerprint density at radius 2 is 2.25 bits per heavy atom. The third-order valence-corrected chi connectivity index (χ3v) is 2.72. The van der Waals surface area contributed by atoms with Crippen LogP contribution in [0.2, 0.25) is 0 Å². The van der Waals surface area contributed by atoms with E-state index in [0.29, 0.717) is 23.2 Å². The summed E-state index contributed by atoms with van der Waals surface area (Å²) in [5, 5.41) is 9.55. The molecule has 1 amide bonds. The van der Waals surface area contributed by atoms with Crippen LogP contribution in [-0.2, 0) is 4.79 Å². The van der Waals surface area contributed by atoms with Crippen LogP contribution in [0, 0.1) is 0 Å². The van der Waals surface area contributed by atoms with Crippen LogP contribution in [0.15, 0.2) is 30.3 Å². The third-order valence-electron chi connectivity index (χ3n) is 2.72. The Balaban J connectivity index is 1.86. The van der Waals surface area contributed by atoms with Crippen LogP contribution in [0.5, 0.6) is 5.75 Å². The van der Waals surface area contributed by atoms with E-state index in [-0.39, 0.29) is 12.5 Å². The van der Waals surface area contributed by atoms with Crippen LogP contribution >= 0.6 is 0 Å². The van der Waals surface area contributed by atoms with Crippen molar-refractivity contribution >= 4 is 17.4 Å². The molecule has 0 fully saturated rings. The van der Waals surface area contributed by atoms with Gasteiger partial charge in [-0.2, -0.15) is 5.10 Å². The second kappa shape index (κ2) is 6.10. The number of carbonyl (C=O) groups excluding carboxylic acids is 1. The van der Waals surface area contributed by atoms with Crippen molar-refractivity contribution in [2.24, 2.45) is 0 Å². The number of benzene rings is 1. The van der Waals surface area contributed by atoms with Crippen molar-refractivity contribution in [1.29, 1.82) is 0 Å². The van der Waals surface area contributed by atoms with Gasteiger partial charge < -0.3 is 15.8 Å². The summed E-state index contributed by atoms with van der Waals surface area (Å²) in [6.07, 6.45) is 0. The van der Waals surface area contributed by atoms with Gasteiger partial charge in [-0.15, -0.1) is 0 Å². The van der Waals surface area contributed by atoms with Gasteiger partial charge in [-0.3, -0.25) is 9.89 Å². The monoisotopic (exact) mass is 274 g/mol. The number of aromatic amines is 1. The second-order valence-electron chi connectivity index (χ2n) is 4.77. The maximum absolute atomic E-state index is 11.7. The minimum absolute atomic E-state index is 0.0900. The SMILES string of the molecule is CC(C)c1cc(NC(=O)COc2cccc(N)c2)n[nH]1. The van der Waals surface area contributed by atoms with Gasteiger partial charge in [0.2, 0.25) is 0 Å². The van der Waals surface area contributed by atoms with Crippen LogP contribution in [0.25, 0.3) is 0 Å². The van der Waals surface area contributed by atoms with Gasteiger partial charge in [-0.25, -0.2) is 0 Å². The third kappa shape index (κ3) is 3.74. The molecule has 4 N–H and O–H groups in total. The Kier molecular flexibility index (Phi) is 4.24. The molecule has 0 aliphatic rings.